The fourth-order valence-electron chi connectivity index (χ4n) is 2.60. The van der Waals surface area contributed by atoms with Crippen molar-refractivity contribution in [3.05, 3.63) is 35.6 Å². The minimum atomic E-state index is -0.418. The largest absolute Gasteiger partial charge is 0.349 e. The number of hydrogen-bond acceptors (Lipinski definition) is 2. The second-order valence-electron chi connectivity index (χ2n) is 6.80. The van der Waals surface area contributed by atoms with E-state index in [1.165, 1.54) is 18.2 Å². The van der Waals surface area contributed by atoms with E-state index in [0.717, 1.165) is 12.8 Å². The van der Waals surface area contributed by atoms with E-state index in [2.05, 4.69) is 5.32 Å². The molecule has 4 nitrogen and oxygen atoms in total. The zero-order valence-electron chi connectivity index (χ0n) is 13.4. The summed E-state index contributed by atoms with van der Waals surface area (Å²) in [5.74, 6) is -0.541. The van der Waals surface area contributed by atoms with Gasteiger partial charge in [-0.05, 0) is 31.0 Å². The van der Waals surface area contributed by atoms with E-state index in [0.29, 0.717) is 18.7 Å². The molecule has 22 heavy (non-hydrogen) atoms. The van der Waals surface area contributed by atoms with Crippen LogP contribution in [0.25, 0.3) is 0 Å². The van der Waals surface area contributed by atoms with Crippen LogP contribution in [-0.2, 0) is 4.79 Å². The molecule has 120 valence electrons. The van der Waals surface area contributed by atoms with Crippen LogP contribution in [0.1, 0.15) is 44.0 Å². The highest BCUT2D eigenvalue weighted by atomic mass is 19.1. The number of benzene rings is 1. The number of nitrogens with zero attached hydrogens (tertiary/aromatic N) is 1. The van der Waals surface area contributed by atoms with Crippen LogP contribution in [0, 0.1) is 11.2 Å². The summed E-state index contributed by atoms with van der Waals surface area (Å²) in [5.41, 5.74) is -0.0503. The molecule has 0 spiro atoms. The number of rotatable bonds is 2. The highest BCUT2D eigenvalue weighted by Crippen LogP contribution is 2.21. The summed E-state index contributed by atoms with van der Waals surface area (Å²) in [6.07, 6.45) is 1.45. The Bertz CT molecular complexity index is 558. The van der Waals surface area contributed by atoms with Crippen molar-refractivity contribution in [3.63, 3.8) is 0 Å². The lowest BCUT2D eigenvalue weighted by atomic mass is 9.93. The Balaban J connectivity index is 1.88. The second kappa shape index (κ2) is 6.46. The average Bonchev–Trinajstić information content (AvgIpc) is 2.46. The molecule has 1 aliphatic rings. The van der Waals surface area contributed by atoms with Crippen LogP contribution in [0.3, 0.4) is 0 Å². The summed E-state index contributed by atoms with van der Waals surface area (Å²) < 4.78 is 13.1. The maximum absolute atomic E-state index is 13.1. The van der Waals surface area contributed by atoms with Gasteiger partial charge < -0.3 is 10.2 Å². The molecule has 0 radical (unpaired) electrons. The molecule has 0 atom stereocenters. The van der Waals surface area contributed by atoms with Crippen molar-refractivity contribution >= 4 is 11.8 Å². The first-order chi connectivity index (χ1) is 10.3. The van der Waals surface area contributed by atoms with E-state index in [1.807, 2.05) is 25.7 Å². The summed E-state index contributed by atoms with van der Waals surface area (Å²) in [7, 11) is 0. The van der Waals surface area contributed by atoms with Crippen molar-refractivity contribution in [2.75, 3.05) is 13.1 Å². The minimum absolute atomic E-state index is 0.0276. The molecule has 1 fully saturated rings. The number of hydrogen-bond donors (Lipinski definition) is 1. The lowest BCUT2D eigenvalue weighted by molar-refractivity contribution is -0.140. The van der Waals surface area contributed by atoms with Crippen LogP contribution in [0.15, 0.2) is 24.3 Å². The summed E-state index contributed by atoms with van der Waals surface area (Å²) in [6, 6.07) is 5.69. The molecule has 0 aliphatic carbocycles. The van der Waals surface area contributed by atoms with Gasteiger partial charge in [0.2, 0.25) is 5.91 Å². The van der Waals surface area contributed by atoms with Crippen LogP contribution in [0.4, 0.5) is 4.39 Å². The number of nitrogens with one attached hydrogen (secondary N) is 1. The molecule has 1 N–H and O–H groups in total. The predicted molar refractivity (Wildman–Crippen MR) is 82.9 cm³/mol. The minimum Gasteiger partial charge on any atom is -0.349 e. The summed E-state index contributed by atoms with van der Waals surface area (Å²) in [5, 5.41) is 2.92. The van der Waals surface area contributed by atoms with Crippen molar-refractivity contribution < 1.29 is 14.0 Å². The van der Waals surface area contributed by atoms with E-state index < -0.39 is 5.82 Å². The normalized spacial score (nSPS) is 16.5. The van der Waals surface area contributed by atoms with Crippen LogP contribution < -0.4 is 5.32 Å². The SMILES string of the molecule is CC(C)(C)C(=O)N1CCC(NC(=O)c2cccc(F)c2)CC1. The predicted octanol–water partition coefficient (Wildman–Crippen LogP) is 2.59. The van der Waals surface area contributed by atoms with E-state index in [9.17, 15) is 14.0 Å². The van der Waals surface area contributed by atoms with Gasteiger partial charge in [0.25, 0.3) is 5.91 Å². The van der Waals surface area contributed by atoms with Crippen molar-refractivity contribution in [2.45, 2.75) is 39.7 Å². The van der Waals surface area contributed by atoms with Gasteiger partial charge in [-0.25, -0.2) is 4.39 Å². The van der Waals surface area contributed by atoms with Crippen LogP contribution in [-0.4, -0.2) is 35.8 Å². The molecule has 0 aromatic heterocycles. The smallest absolute Gasteiger partial charge is 0.251 e. The molecule has 1 aromatic rings. The first kappa shape index (κ1) is 16.5. The molecule has 1 heterocycles. The van der Waals surface area contributed by atoms with Crippen molar-refractivity contribution in [2.24, 2.45) is 5.41 Å². The Morgan fingerprint density at radius 3 is 2.41 bits per heavy atom. The fourth-order valence-corrected chi connectivity index (χ4v) is 2.60. The van der Waals surface area contributed by atoms with Crippen LogP contribution >= 0.6 is 0 Å². The number of piperidine rings is 1. The average molecular weight is 306 g/mol. The monoisotopic (exact) mass is 306 g/mol. The standard InChI is InChI=1S/C17H23FN2O2/c1-17(2,3)16(22)20-9-7-14(8-10-20)19-15(21)12-5-4-6-13(18)11-12/h4-6,11,14H,7-10H2,1-3H3,(H,19,21). The quantitative estimate of drug-likeness (QED) is 0.913. The number of halogens is 1. The molecular formula is C17H23FN2O2. The van der Waals surface area contributed by atoms with Crippen molar-refractivity contribution in [1.29, 1.82) is 0 Å². The molecule has 5 heteroatoms. The van der Waals surface area contributed by atoms with E-state index in [4.69, 9.17) is 0 Å². The molecule has 1 aliphatic heterocycles. The second-order valence-corrected chi connectivity index (χ2v) is 6.80. The van der Waals surface area contributed by atoms with Gasteiger partial charge in [0, 0.05) is 30.1 Å². The molecule has 0 saturated carbocycles. The van der Waals surface area contributed by atoms with Gasteiger partial charge in [-0.2, -0.15) is 0 Å². The van der Waals surface area contributed by atoms with Gasteiger partial charge >= 0.3 is 0 Å². The Morgan fingerprint density at radius 1 is 1.23 bits per heavy atom. The maximum atomic E-state index is 13.1. The Labute approximate surface area is 130 Å². The summed E-state index contributed by atoms with van der Waals surface area (Å²) in [6.45, 7) is 7.02. The third-order valence-corrected chi connectivity index (χ3v) is 3.85. The van der Waals surface area contributed by atoms with Gasteiger partial charge in [-0.15, -0.1) is 0 Å². The van der Waals surface area contributed by atoms with E-state index in [1.54, 1.807) is 6.07 Å². The molecule has 0 bridgehead atoms. The maximum Gasteiger partial charge on any atom is 0.251 e. The molecule has 2 amide bonds. The number of carbonyl (C=O) groups excluding carboxylic acids is 2. The van der Waals surface area contributed by atoms with Crippen molar-refractivity contribution in [1.82, 2.24) is 10.2 Å². The molecule has 1 saturated heterocycles. The van der Waals surface area contributed by atoms with E-state index >= 15 is 0 Å². The number of likely N-dealkylation sites (tertiary alicyclic amines) is 1. The summed E-state index contributed by atoms with van der Waals surface area (Å²) in [4.78, 5) is 26.1. The highest BCUT2D eigenvalue weighted by molar-refractivity contribution is 5.94. The van der Waals surface area contributed by atoms with Gasteiger partial charge in [0.05, 0.1) is 0 Å². The Hall–Kier alpha value is -1.91. The molecule has 2 rings (SSSR count). The first-order valence-corrected chi connectivity index (χ1v) is 7.63. The van der Waals surface area contributed by atoms with E-state index in [-0.39, 0.29) is 23.3 Å². The lowest BCUT2D eigenvalue weighted by Gasteiger charge is -2.36. The van der Waals surface area contributed by atoms with Gasteiger partial charge in [0.1, 0.15) is 5.82 Å². The van der Waals surface area contributed by atoms with Crippen LogP contribution in [0.2, 0.25) is 0 Å². The molecule has 1 aromatic carbocycles. The highest BCUT2D eigenvalue weighted by Gasteiger charge is 2.30. The third kappa shape index (κ3) is 4.06. The number of amides is 2. The fraction of sp³-hybridized carbons (Fsp3) is 0.529. The Kier molecular flexibility index (Phi) is 4.84. The molecular weight excluding hydrogens is 283 g/mol. The molecule has 0 unspecified atom stereocenters. The topological polar surface area (TPSA) is 49.4 Å². The Morgan fingerprint density at radius 2 is 1.86 bits per heavy atom. The summed E-state index contributed by atoms with van der Waals surface area (Å²) >= 11 is 0. The lowest BCUT2D eigenvalue weighted by Crippen LogP contribution is -2.49. The third-order valence-electron chi connectivity index (χ3n) is 3.85. The zero-order valence-corrected chi connectivity index (χ0v) is 13.4. The number of carbonyl (C=O) groups is 2. The van der Waals surface area contributed by atoms with Gasteiger partial charge in [0.15, 0.2) is 0 Å². The van der Waals surface area contributed by atoms with Crippen molar-refractivity contribution in [3.8, 4) is 0 Å². The van der Waals surface area contributed by atoms with Gasteiger partial charge in [-0.1, -0.05) is 26.8 Å². The zero-order chi connectivity index (χ0) is 16.3. The van der Waals surface area contributed by atoms with Gasteiger partial charge in [-0.3, -0.25) is 9.59 Å². The first-order valence-electron chi connectivity index (χ1n) is 7.63. The van der Waals surface area contributed by atoms with Crippen LogP contribution in [0.5, 0.6) is 0 Å².